The smallest absolute Gasteiger partial charge is 0.255 e. The van der Waals surface area contributed by atoms with Gasteiger partial charge in [0.05, 0.1) is 16.9 Å². The van der Waals surface area contributed by atoms with Crippen molar-refractivity contribution in [1.29, 1.82) is 0 Å². The van der Waals surface area contributed by atoms with Crippen molar-refractivity contribution in [2.24, 2.45) is 0 Å². The third kappa shape index (κ3) is 4.44. The second kappa shape index (κ2) is 9.75. The highest BCUT2D eigenvalue weighted by atomic mass is 19.1. The van der Waals surface area contributed by atoms with Crippen molar-refractivity contribution in [3.63, 3.8) is 0 Å². The molecule has 6 rings (SSSR count). The Morgan fingerprint density at radius 1 is 0.789 bits per heavy atom. The number of carbonyl (C=O) groups excluding carboxylic acids is 1. The third-order valence-electron chi connectivity index (χ3n) is 6.38. The fourth-order valence-electron chi connectivity index (χ4n) is 4.58. The molecule has 2 aromatic heterocycles. The summed E-state index contributed by atoms with van der Waals surface area (Å²) >= 11 is 0. The summed E-state index contributed by atoms with van der Waals surface area (Å²) in [6.45, 7) is 2.06. The molecule has 0 unspecified atom stereocenters. The Bertz CT molecular complexity index is 1780. The molecule has 1 amide bonds. The molecule has 4 aromatic carbocycles. The van der Waals surface area contributed by atoms with Crippen LogP contribution in [0.2, 0.25) is 0 Å². The number of hydrogen-bond acceptors (Lipinski definition) is 3. The van der Waals surface area contributed by atoms with Crippen LogP contribution in [0, 0.1) is 12.7 Å². The summed E-state index contributed by atoms with van der Waals surface area (Å²) in [5.41, 5.74) is 7.28. The zero-order chi connectivity index (χ0) is 26.1. The van der Waals surface area contributed by atoms with Crippen LogP contribution < -0.4 is 5.32 Å². The first-order valence-electron chi connectivity index (χ1n) is 12.2. The molecule has 0 aliphatic rings. The second-order valence-electron chi connectivity index (χ2n) is 9.06. The molecule has 6 aromatic rings. The summed E-state index contributed by atoms with van der Waals surface area (Å²) in [6, 6.07) is 31.3. The van der Waals surface area contributed by atoms with Gasteiger partial charge in [0.2, 0.25) is 0 Å². The number of carbonyl (C=O) groups is 1. The molecule has 0 spiro atoms. The van der Waals surface area contributed by atoms with E-state index < -0.39 is 0 Å². The minimum atomic E-state index is -0.357. The Kier molecular flexibility index (Phi) is 5.98. The van der Waals surface area contributed by atoms with E-state index in [9.17, 15) is 9.18 Å². The molecule has 0 bridgehead atoms. The van der Waals surface area contributed by atoms with Gasteiger partial charge in [-0.2, -0.15) is 0 Å². The van der Waals surface area contributed by atoms with Gasteiger partial charge in [-0.3, -0.25) is 14.2 Å². The molecular formula is C32H23FN4O. The Morgan fingerprint density at radius 3 is 2.26 bits per heavy atom. The van der Waals surface area contributed by atoms with Crippen LogP contribution >= 0.6 is 0 Å². The topological polar surface area (TPSA) is 59.3 Å². The van der Waals surface area contributed by atoms with Crippen molar-refractivity contribution < 1.29 is 9.18 Å². The molecule has 184 valence electrons. The van der Waals surface area contributed by atoms with Crippen LogP contribution in [0.3, 0.4) is 0 Å². The van der Waals surface area contributed by atoms with Gasteiger partial charge in [-0.1, -0.05) is 66.2 Å². The molecular weight excluding hydrogens is 475 g/mol. The lowest BCUT2D eigenvalue weighted by Gasteiger charge is -2.10. The third-order valence-corrected chi connectivity index (χ3v) is 6.38. The predicted octanol–water partition coefficient (Wildman–Crippen LogP) is 7.43. The molecule has 0 aliphatic heterocycles. The molecule has 1 N–H and O–H groups in total. The normalized spacial score (nSPS) is 11.0. The zero-order valence-electron chi connectivity index (χ0n) is 20.6. The highest BCUT2D eigenvalue weighted by Gasteiger charge is 2.20. The molecule has 38 heavy (non-hydrogen) atoms. The van der Waals surface area contributed by atoms with E-state index in [0.717, 1.165) is 45.0 Å². The standard InChI is InChI=1S/C32H23FN4O/c1-21-7-5-10-23(19-21)29-30-28(34-17-18-37(30)31(36-29)22-8-3-2-4-9-22)24-11-6-12-25(20-24)32(38)35-27-15-13-26(33)14-16-27/h2-20H,1H3,(H,35,38). The van der Waals surface area contributed by atoms with Crippen molar-refractivity contribution in [2.45, 2.75) is 6.92 Å². The van der Waals surface area contributed by atoms with Crippen LogP contribution in [0.15, 0.2) is 116 Å². The first-order valence-corrected chi connectivity index (χ1v) is 12.2. The van der Waals surface area contributed by atoms with E-state index in [-0.39, 0.29) is 11.7 Å². The SMILES string of the molecule is Cc1cccc(-c2nc(-c3ccccc3)n3ccnc(-c4cccc(C(=O)Nc5ccc(F)cc5)c4)c23)c1. The lowest BCUT2D eigenvalue weighted by molar-refractivity contribution is 0.102. The van der Waals surface area contributed by atoms with Gasteiger partial charge in [-0.05, 0) is 49.4 Å². The monoisotopic (exact) mass is 498 g/mol. The molecule has 0 saturated heterocycles. The highest BCUT2D eigenvalue weighted by Crippen LogP contribution is 2.35. The number of amides is 1. The molecule has 6 heteroatoms. The average Bonchev–Trinajstić information content (AvgIpc) is 3.35. The number of aromatic nitrogens is 3. The molecule has 0 saturated carbocycles. The first kappa shape index (κ1) is 23.3. The van der Waals surface area contributed by atoms with Gasteiger partial charge in [-0.15, -0.1) is 0 Å². The summed E-state index contributed by atoms with van der Waals surface area (Å²) in [6.07, 6.45) is 3.67. The van der Waals surface area contributed by atoms with Crippen LogP contribution in [-0.2, 0) is 0 Å². The van der Waals surface area contributed by atoms with Crippen molar-refractivity contribution in [2.75, 3.05) is 5.32 Å². The van der Waals surface area contributed by atoms with Gasteiger partial charge in [0, 0.05) is 40.3 Å². The molecule has 0 aliphatic carbocycles. The summed E-state index contributed by atoms with van der Waals surface area (Å²) in [7, 11) is 0. The van der Waals surface area contributed by atoms with E-state index >= 15 is 0 Å². The first-order chi connectivity index (χ1) is 18.6. The van der Waals surface area contributed by atoms with Crippen molar-refractivity contribution in [1.82, 2.24) is 14.4 Å². The number of anilines is 1. The van der Waals surface area contributed by atoms with Crippen LogP contribution in [-0.4, -0.2) is 20.3 Å². The lowest BCUT2D eigenvalue weighted by Crippen LogP contribution is -2.11. The van der Waals surface area contributed by atoms with Crippen molar-refractivity contribution in [3.8, 4) is 33.9 Å². The van der Waals surface area contributed by atoms with Crippen LogP contribution in [0.5, 0.6) is 0 Å². The Balaban J connectivity index is 1.50. The maximum atomic E-state index is 13.3. The fraction of sp³-hybridized carbons (Fsp3) is 0.0312. The molecule has 2 heterocycles. The van der Waals surface area contributed by atoms with Gasteiger partial charge in [0.1, 0.15) is 11.6 Å². The van der Waals surface area contributed by atoms with Crippen molar-refractivity contribution >= 4 is 17.1 Å². The minimum Gasteiger partial charge on any atom is -0.322 e. The Morgan fingerprint density at radius 2 is 1.50 bits per heavy atom. The summed E-state index contributed by atoms with van der Waals surface area (Å²) in [5, 5.41) is 2.83. The van der Waals surface area contributed by atoms with Crippen LogP contribution in [0.1, 0.15) is 15.9 Å². The van der Waals surface area contributed by atoms with Crippen LogP contribution in [0.25, 0.3) is 39.4 Å². The van der Waals surface area contributed by atoms with E-state index in [1.165, 1.54) is 24.3 Å². The van der Waals surface area contributed by atoms with Gasteiger partial charge < -0.3 is 5.32 Å². The minimum absolute atomic E-state index is 0.289. The number of halogens is 1. The summed E-state index contributed by atoms with van der Waals surface area (Å²) < 4.78 is 15.3. The Labute approximate surface area is 219 Å². The van der Waals surface area contributed by atoms with E-state index in [0.29, 0.717) is 11.3 Å². The molecule has 0 radical (unpaired) electrons. The molecule has 5 nitrogen and oxygen atoms in total. The van der Waals surface area contributed by atoms with E-state index in [1.54, 1.807) is 12.3 Å². The quantitative estimate of drug-likeness (QED) is 0.269. The number of aryl methyl sites for hydroxylation is 1. The van der Waals surface area contributed by atoms with Crippen LogP contribution in [0.4, 0.5) is 10.1 Å². The number of hydrogen-bond donors (Lipinski definition) is 1. The van der Waals surface area contributed by atoms with Crippen molar-refractivity contribution in [3.05, 3.63) is 132 Å². The average molecular weight is 499 g/mol. The largest absolute Gasteiger partial charge is 0.322 e. The van der Waals surface area contributed by atoms with E-state index in [2.05, 4.69) is 28.8 Å². The summed E-state index contributed by atoms with van der Waals surface area (Å²) in [5.74, 6) is 0.165. The van der Waals surface area contributed by atoms with E-state index in [1.807, 2.05) is 66.9 Å². The molecule has 0 atom stereocenters. The van der Waals surface area contributed by atoms with Gasteiger partial charge in [-0.25, -0.2) is 9.37 Å². The lowest BCUT2D eigenvalue weighted by atomic mass is 10.0. The number of imidazole rings is 1. The highest BCUT2D eigenvalue weighted by molar-refractivity contribution is 6.05. The van der Waals surface area contributed by atoms with E-state index in [4.69, 9.17) is 9.97 Å². The van der Waals surface area contributed by atoms with Gasteiger partial charge in [0.15, 0.2) is 0 Å². The van der Waals surface area contributed by atoms with Gasteiger partial charge in [0.25, 0.3) is 5.91 Å². The predicted molar refractivity (Wildman–Crippen MR) is 148 cm³/mol. The number of benzene rings is 4. The van der Waals surface area contributed by atoms with Gasteiger partial charge >= 0.3 is 0 Å². The number of fused-ring (bicyclic) bond motifs is 1. The zero-order valence-corrected chi connectivity index (χ0v) is 20.6. The maximum Gasteiger partial charge on any atom is 0.255 e. The summed E-state index contributed by atoms with van der Waals surface area (Å²) in [4.78, 5) is 22.9. The molecule has 0 fully saturated rings. The number of nitrogens with zero attached hydrogens (tertiary/aromatic N) is 3. The maximum absolute atomic E-state index is 13.3. The number of rotatable bonds is 5. The number of nitrogens with one attached hydrogen (secondary N) is 1. The Hall–Kier alpha value is -5.10. The second-order valence-corrected chi connectivity index (χ2v) is 9.06. The fourth-order valence-corrected chi connectivity index (χ4v) is 4.58.